The minimum atomic E-state index is -0.0777. The van der Waals surface area contributed by atoms with Gasteiger partial charge in [-0.1, -0.05) is 36.4 Å². The average Bonchev–Trinajstić information content (AvgIpc) is 2.80. The summed E-state index contributed by atoms with van der Waals surface area (Å²) >= 11 is 0. The summed E-state index contributed by atoms with van der Waals surface area (Å²) in [5.41, 5.74) is 3.17. The van der Waals surface area contributed by atoms with E-state index in [9.17, 15) is 5.11 Å². The van der Waals surface area contributed by atoms with Crippen LogP contribution < -0.4 is 0 Å². The fourth-order valence-corrected chi connectivity index (χ4v) is 5.26. The minimum absolute atomic E-state index is 0.0777. The van der Waals surface area contributed by atoms with E-state index >= 15 is 0 Å². The van der Waals surface area contributed by atoms with Crippen molar-refractivity contribution in [2.24, 2.45) is 11.8 Å². The van der Waals surface area contributed by atoms with Gasteiger partial charge in [0, 0.05) is 24.2 Å². The molecule has 4 heteroatoms. The number of phenols is 1. The van der Waals surface area contributed by atoms with Crippen LogP contribution in [0.3, 0.4) is 0 Å². The van der Waals surface area contributed by atoms with Gasteiger partial charge in [0.2, 0.25) is 0 Å². The molecule has 0 radical (unpaired) electrons. The van der Waals surface area contributed by atoms with Crippen molar-refractivity contribution in [2.75, 3.05) is 13.1 Å². The molecule has 5 atom stereocenters. The van der Waals surface area contributed by atoms with E-state index in [-0.39, 0.29) is 11.9 Å². The number of phenolic OH excluding ortho intramolecular Hbond substituents is 1. The third-order valence-electron chi connectivity index (χ3n) is 6.84. The molecule has 0 amide bonds. The van der Waals surface area contributed by atoms with E-state index in [0.29, 0.717) is 24.5 Å². The summed E-state index contributed by atoms with van der Waals surface area (Å²) < 4.78 is 6.65. The van der Waals surface area contributed by atoms with E-state index in [1.165, 1.54) is 12.0 Å². The fraction of sp³-hybridized carbons (Fsp3) is 0.346. The van der Waals surface area contributed by atoms with Crippen LogP contribution in [0.2, 0.25) is 0 Å². The van der Waals surface area contributed by atoms with E-state index in [0.717, 1.165) is 36.0 Å². The summed E-state index contributed by atoms with van der Waals surface area (Å²) in [5.74, 6) is 1.50. The van der Waals surface area contributed by atoms with E-state index in [1.807, 2.05) is 36.5 Å². The summed E-state index contributed by atoms with van der Waals surface area (Å²) in [4.78, 5) is 7.09. The Balaban J connectivity index is 1.52. The summed E-state index contributed by atoms with van der Waals surface area (Å²) in [6.07, 6.45) is 6.25. The number of ether oxygens (including phenoxy) is 1. The van der Waals surface area contributed by atoms with Crippen LogP contribution in [0.25, 0.3) is 10.9 Å². The van der Waals surface area contributed by atoms with Crippen LogP contribution in [0, 0.1) is 11.8 Å². The van der Waals surface area contributed by atoms with Crippen molar-refractivity contribution in [1.82, 2.24) is 9.88 Å². The number of hydrogen-bond acceptors (Lipinski definition) is 4. The molecular weight excluding hydrogens is 372 g/mol. The van der Waals surface area contributed by atoms with Gasteiger partial charge in [0.1, 0.15) is 5.75 Å². The highest BCUT2D eigenvalue weighted by Crippen LogP contribution is 2.43. The predicted octanol–water partition coefficient (Wildman–Crippen LogP) is 5.09. The third-order valence-corrected chi connectivity index (χ3v) is 6.84. The molecule has 3 fully saturated rings. The quantitative estimate of drug-likeness (QED) is 0.585. The molecule has 3 aliphatic heterocycles. The predicted molar refractivity (Wildman–Crippen MR) is 119 cm³/mol. The molecule has 1 N–H and O–H groups in total. The maximum absolute atomic E-state index is 10.1. The molecule has 2 bridgehead atoms. The lowest BCUT2D eigenvalue weighted by molar-refractivity contribution is -0.0803. The molecule has 1 aromatic heterocycles. The number of piperidine rings is 3. The Labute approximate surface area is 177 Å². The molecule has 0 spiro atoms. The molecule has 6 rings (SSSR count). The van der Waals surface area contributed by atoms with Gasteiger partial charge in [-0.2, -0.15) is 0 Å². The van der Waals surface area contributed by atoms with Gasteiger partial charge in [-0.05, 0) is 66.6 Å². The standard InChI is InChI=1S/C26H28N2O2/c1-2-19-16-28-13-11-20(19)14-25(28)26(30-17-18-6-4-3-5-7-18)22-10-12-27-24-9-8-21(29)15-23(22)24/h2-10,12,15,19-20,25-26,29H,1,11,13-14,16-17H2/t19?,20-,25-,26+/m0/s1. The van der Waals surface area contributed by atoms with E-state index in [2.05, 4.69) is 40.7 Å². The molecule has 0 saturated carbocycles. The zero-order chi connectivity index (χ0) is 20.5. The molecule has 3 aliphatic rings. The van der Waals surface area contributed by atoms with E-state index in [1.54, 1.807) is 6.07 Å². The number of aromatic hydroxyl groups is 1. The first-order valence-electron chi connectivity index (χ1n) is 10.8. The van der Waals surface area contributed by atoms with Gasteiger partial charge >= 0.3 is 0 Å². The summed E-state index contributed by atoms with van der Waals surface area (Å²) in [6, 6.07) is 18.1. The largest absolute Gasteiger partial charge is 0.508 e. The Morgan fingerprint density at radius 3 is 2.83 bits per heavy atom. The number of benzene rings is 2. The maximum Gasteiger partial charge on any atom is 0.116 e. The second-order valence-corrected chi connectivity index (χ2v) is 8.57. The minimum Gasteiger partial charge on any atom is -0.508 e. The van der Waals surface area contributed by atoms with Gasteiger partial charge in [0.15, 0.2) is 0 Å². The molecule has 3 aromatic rings. The van der Waals surface area contributed by atoms with Gasteiger partial charge in [0.25, 0.3) is 0 Å². The van der Waals surface area contributed by atoms with Gasteiger partial charge in [-0.25, -0.2) is 0 Å². The summed E-state index contributed by atoms with van der Waals surface area (Å²) in [7, 11) is 0. The van der Waals surface area contributed by atoms with Crippen molar-refractivity contribution in [3.63, 3.8) is 0 Å². The lowest BCUT2D eigenvalue weighted by Gasteiger charge is -2.51. The number of nitrogens with zero attached hydrogens (tertiary/aromatic N) is 2. The Kier molecular flexibility index (Phi) is 5.28. The third kappa shape index (κ3) is 3.62. The fourth-order valence-electron chi connectivity index (χ4n) is 5.26. The number of fused-ring (bicyclic) bond motifs is 4. The van der Waals surface area contributed by atoms with Crippen LogP contribution in [0.4, 0.5) is 0 Å². The summed E-state index contributed by atoms with van der Waals surface area (Å²) in [5, 5.41) is 11.1. The molecule has 3 saturated heterocycles. The second-order valence-electron chi connectivity index (χ2n) is 8.57. The highest BCUT2D eigenvalue weighted by Gasteiger charge is 2.43. The zero-order valence-electron chi connectivity index (χ0n) is 17.2. The highest BCUT2D eigenvalue weighted by molar-refractivity contribution is 5.83. The van der Waals surface area contributed by atoms with Gasteiger partial charge in [0.05, 0.1) is 18.2 Å². The van der Waals surface area contributed by atoms with Crippen LogP contribution in [0.5, 0.6) is 5.75 Å². The first-order valence-corrected chi connectivity index (χ1v) is 10.8. The highest BCUT2D eigenvalue weighted by atomic mass is 16.5. The van der Waals surface area contributed by atoms with E-state index in [4.69, 9.17) is 4.74 Å². The molecular formula is C26H28N2O2. The Morgan fingerprint density at radius 1 is 1.20 bits per heavy atom. The van der Waals surface area contributed by atoms with Crippen LogP contribution in [-0.2, 0) is 11.3 Å². The second kappa shape index (κ2) is 8.21. The monoisotopic (exact) mass is 400 g/mol. The average molecular weight is 401 g/mol. The summed E-state index contributed by atoms with van der Waals surface area (Å²) in [6.45, 7) is 6.79. The van der Waals surface area contributed by atoms with Gasteiger partial charge < -0.3 is 9.84 Å². The first kappa shape index (κ1) is 19.3. The molecule has 4 heterocycles. The van der Waals surface area contributed by atoms with Crippen LogP contribution in [-0.4, -0.2) is 34.1 Å². The zero-order valence-corrected chi connectivity index (χ0v) is 17.2. The normalized spacial score (nSPS) is 26.5. The van der Waals surface area contributed by atoms with Crippen molar-refractivity contribution in [1.29, 1.82) is 0 Å². The lowest BCUT2D eigenvalue weighted by atomic mass is 9.73. The Hall–Kier alpha value is -2.69. The van der Waals surface area contributed by atoms with E-state index < -0.39 is 0 Å². The molecule has 2 unspecified atom stereocenters. The molecule has 4 nitrogen and oxygen atoms in total. The molecule has 2 aromatic carbocycles. The molecule has 30 heavy (non-hydrogen) atoms. The number of hydrogen-bond donors (Lipinski definition) is 1. The van der Waals surface area contributed by atoms with Crippen molar-refractivity contribution < 1.29 is 9.84 Å². The van der Waals surface area contributed by atoms with Gasteiger partial charge in [-0.15, -0.1) is 6.58 Å². The topological polar surface area (TPSA) is 45.6 Å². The smallest absolute Gasteiger partial charge is 0.116 e. The Bertz CT molecular complexity index is 1040. The number of aromatic nitrogens is 1. The van der Waals surface area contributed by atoms with Crippen molar-refractivity contribution in [2.45, 2.75) is 31.6 Å². The van der Waals surface area contributed by atoms with Gasteiger partial charge in [-0.3, -0.25) is 9.88 Å². The molecule has 154 valence electrons. The lowest BCUT2D eigenvalue weighted by Crippen LogP contribution is -2.55. The van der Waals surface area contributed by atoms with Crippen molar-refractivity contribution in [3.05, 3.63) is 84.6 Å². The SMILES string of the molecule is C=CC1CN2CC[C@H]1C[C@H]2[C@H](OCc1ccccc1)c1ccnc2ccc(O)cc12. The van der Waals surface area contributed by atoms with Crippen LogP contribution in [0.1, 0.15) is 30.1 Å². The first-order chi connectivity index (χ1) is 14.7. The number of pyridine rings is 1. The van der Waals surface area contributed by atoms with Crippen molar-refractivity contribution >= 4 is 10.9 Å². The van der Waals surface area contributed by atoms with Crippen molar-refractivity contribution in [3.8, 4) is 5.75 Å². The Morgan fingerprint density at radius 2 is 2.07 bits per heavy atom. The van der Waals surface area contributed by atoms with Crippen LogP contribution >= 0.6 is 0 Å². The maximum atomic E-state index is 10.1. The number of rotatable bonds is 6. The van der Waals surface area contributed by atoms with Crippen LogP contribution in [0.15, 0.2) is 73.4 Å². The molecule has 0 aliphatic carbocycles.